The highest BCUT2D eigenvalue weighted by Crippen LogP contribution is 2.18. The summed E-state index contributed by atoms with van der Waals surface area (Å²) in [5, 5.41) is 8.90. The topological polar surface area (TPSA) is 121 Å². The molecule has 0 aliphatic carbocycles. The van der Waals surface area contributed by atoms with Crippen molar-refractivity contribution in [1.29, 1.82) is 0 Å². The molecule has 0 radical (unpaired) electrons. The molecule has 3 aromatic rings. The molecule has 0 spiro atoms. The molecule has 0 atom stereocenters. The van der Waals surface area contributed by atoms with E-state index in [0.717, 1.165) is 16.9 Å². The van der Waals surface area contributed by atoms with Crippen LogP contribution >= 0.6 is 0 Å². The summed E-state index contributed by atoms with van der Waals surface area (Å²) in [6.45, 7) is 4.90. The van der Waals surface area contributed by atoms with Crippen LogP contribution in [0.3, 0.4) is 0 Å². The van der Waals surface area contributed by atoms with Gasteiger partial charge in [-0.1, -0.05) is 0 Å². The molecule has 30 heavy (non-hydrogen) atoms. The number of aromatic amines is 1. The van der Waals surface area contributed by atoms with Crippen LogP contribution in [0.15, 0.2) is 35.1 Å². The van der Waals surface area contributed by atoms with E-state index in [4.69, 9.17) is 0 Å². The number of piperidine rings is 1. The Morgan fingerprint density at radius 3 is 2.40 bits per heavy atom. The lowest BCUT2D eigenvalue weighted by Crippen LogP contribution is -2.46. The van der Waals surface area contributed by atoms with E-state index in [1.807, 2.05) is 19.9 Å². The van der Waals surface area contributed by atoms with E-state index in [0.29, 0.717) is 37.0 Å². The number of amides is 2. The van der Waals surface area contributed by atoms with Crippen molar-refractivity contribution in [2.45, 2.75) is 32.7 Å². The third-order valence-corrected chi connectivity index (χ3v) is 5.35. The van der Waals surface area contributed by atoms with Gasteiger partial charge in [-0.15, -0.1) is 0 Å². The summed E-state index contributed by atoms with van der Waals surface area (Å²) in [5.41, 5.74) is 3.59. The van der Waals surface area contributed by atoms with Crippen LogP contribution in [0.5, 0.6) is 0 Å². The second kappa shape index (κ2) is 8.02. The first-order chi connectivity index (χ1) is 14.4. The first kappa shape index (κ1) is 19.7. The summed E-state index contributed by atoms with van der Waals surface area (Å²) in [4.78, 5) is 47.1. The molecule has 154 valence electrons. The highest BCUT2D eigenvalue weighted by atomic mass is 16.2. The van der Waals surface area contributed by atoms with Crippen molar-refractivity contribution < 1.29 is 9.59 Å². The molecule has 9 nitrogen and oxygen atoms in total. The molecule has 1 aromatic carbocycles. The minimum Gasteiger partial charge on any atom is -0.348 e. The zero-order chi connectivity index (χ0) is 21.3. The lowest BCUT2D eigenvalue weighted by atomic mass is 10.0. The molecule has 0 saturated carbocycles. The number of hydrogen-bond donors (Lipinski definition) is 2. The van der Waals surface area contributed by atoms with Gasteiger partial charge in [0, 0.05) is 30.8 Å². The molecular formula is C21H22N6O3. The van der Waals surface area contributed by atoms with Gasteiger partial charge in [0.1, 0.15) is 5.69 Å². The van der Waals surface area contributed by atoms with Crippen molar-refractivity contribution in [3.05, 3.63) is 63.3 Å². The number of nitrogens with one attached hydrogen (secondary N) is 2. The molecule has 1 aliphatic heterocycles. The van der Waals surface area contributed by atoms with Gasteiger partial charge in [0.05, 0.1) is 22.4 Å². The van der Waals surface area contributed by atoms with Crippen LogP contribution < -0.4 is 10.9 Å². The first-order valence-electron chi connectivity index (χ1n) is 9.81. The molecule has 0 bridgehead atoms. The van der Waals surface area contributed by atoms with E-state index in [9.17, 15) is 14.4 Å². The number of benzene rings is 1. The molecule has 0 unspecified atom stereocenters. The van der Waals surface area contributed by atoms with Crippen LogP contribution in [0.25, 0.3) is 11.0 Å². The van der Waals surface area contributed by atoms with Crippen molar-refractivity contribution in [2.75, 3.05) is 13.1 Å². The Balaban J connectivity index is 1.39. The van der Waals surface area contributed by atoms with Crippen LogP contribution in [0, 0.1) is 13.8 Å². The number of aromatic nitrogens is 4. The van der Waals surface area contributed by atoms with Gasteiger partial charge >= 0.3 is 0 Å². The molecule has 2 aromatic heterocycles. The van der Waals surface area contributed by atoms with Crippen LogP contribution in [-0.4, -0.2) is 56.0 Å². The fraction of sp³-hybridized carbons (Fsp3) is 0.333. The van der Waals surface area contributed by atoms with Gasteiger partial charge < -0.3 is 10.2 Å². The minimum atomic E-state index is -0.358. The molecule has 3 heterocycles. The van der Waals surface area contributed by atoms with E-state index in [1.54, 1.807) is 17.0 Å². The Bertz CT molecular complexity index is 1160. The van der Waals surface area contributed by atoms with Crippen molar-refractivity contribution in [1.82, 2.24) is 30.4 Å². The number of hydrogen-bond acceptors (Lipinski definition) is 6. The maximum atomic E-state index is 12.9. The number of H-pyrrole nitrogens is 1. The maximum Gasteiger partial charge on any atom is 0.271 e. The average Bonchev–Trinajstić information content (AvgIpc) is 2.75. The van der Waals surface area contributed by atoms with Gasteiger partial charge in [-0.3, -0.25) is 14.4 Å². The molecule has 4 rings (SSSR count). The summed E-state index contributed by atoms with van der Waals surface area (Å²) in [6, 6.07) is 7.99. The van der Waals surface area contributed by atoms with Crippen LogP contribution in [0.2, 0.25) is 0 Å². The molecule has 2 N–H and O–H groups in total. The summed E-state index contributed by atoms with van der Waals surface area (Å²) in [5.74, 6) is -0.390. The fourth-order valence-electron chi connectivity index (χ4n) is 3.50. The quantitative estimate of drug-likeness (QED) is 0.678. The van der Waals surface area contributed by atoms with Gasteiger partial charge in [-0.25, -0.2) is 15.1 Å². The third-order valence-electron chi connectivity index (χ3n) is 5.35. The molecular weight excluding hydrogens is 384 g/mol. The van der Waals surface area contributed by atoms with Gasteiger partial charge in [0.25, 0.3) is 17.4 Å². The predicted molar refractivity (Wildman–Crippen MR) is 110 cm³/mol. The number of likely N-dealkylation sites (tertiary alicyclic amines) is 1. The summed E-state index contributed by atoms with van der Waals surface area (Å²) < 4.78 is 0. The third kappa shape index (κ3) is 4.05. The molecule has 1 saturated heterocycles. The molecule has 9 heteroatoms. The summed E-state index contributed by atoms with van der Waals surface area (Å²) in [6.07, 6.45) is 1.29. The Hall–Kier alpha value is -3.62. The standard InChI is InChI=1S/C21H22N6O3/c1-12-13(2)23-18-11-14(3-4-16(18)22-12)21(30)27-9-7-15(8-10-27)24-20(29)17-5-6-19(28)26-25-17/h3-6,11,15H,7-10H2,1-2H3,(H,24,29)(H,26,28). The first-order valence-corrected chi connectivity index (χ1v) is 9.81. The smallest absolute Gasteiger partial charge is 0.271 e. The van der Waals surface area contributed by atoms with Crippen molar-refractivity contribution >= 4 is 22.8 Å². The predicted octanol–water partition coefficient (Wildman–Crippen LogP) is 1.36. The van der Waals surface area contributed by atoms with E-state index in [1.165, 1.54) is 12.1 Å². The molecule has 1 aliphatic rings. The average molecular weight is 406 g/mol. The van der Waals surface area contributed by atoms with Crippen LogP contribution in [-0.2, 0) is 0 Å². The highest BCUT2D eigenvalue weighted by molar-refractivity contribution is 5.97. The van der Waals surface area contributed by atoms with Crippen molar-refractivity contribution in [3.63, 3.8) is 0 Å². The van der Waals surface area contributed by atoms with Crippen molar-refractivity contribution in [2.24, 2.45) is 0 Å². The maximum absolute atomic E-state index is 12.9. The largest absolute Gasteiger partial charge is 0.348 e. The number of carbonyl (C=O) groups excluding carboxylic acids is 2. The number of aryl methyl sites for hydroxylation is 2. The highest BCUT2D eigenvalue weighted by Gasteiger charge is 2.25. The van der Waals surface area contributed by atoms with Crippen LogP contribution in [0.4, 0.5) is 0 Å². The van der Waals surface area contributed by atoms with E-state index in [2.05, 4.69) is 25.5 Å². The molecule has 2 amide bonds. The lowest BCUT2D eigenvalue weighted by Gasteiger charge is -2.32. The van der Waals surface area contributed by atoms with Gasteiger partial charge in [-0.2, -0.15) is 5.10 Å². The Labute approximate surface area is 172 Å². The fourth-order valence-corrected chi connectivity index (χ4v) is 3.50. The van der Waals surface area contributed by atoms with E-state index < -0.39 is 0 Å². The normalized spacial score (nSPS) is 14.7. The number of fused-ring (bicyclic) bond motifs is 1. The zero-order valence-electron chi connectivity index (χ0n) is 16.8. The van der Waals surface area contributed by atoms with Gasteiger partial charge in [0.15, 0.2) is 0 Å². The molecule has 1 fully saturated rings. The number of carbonyl (C=O) groups is 2. The summed E-state index contributed by atoms with van der Waals surface area (Å²) >= 11 is 0. The Morgan fingerprint density at radius 1 is 1.03 bits per heavy atom. The minimum absolute atomic E-state index is 0.0518. The lowest BCUT2D eigenvalue weighted by molar-refractivity contribution is 0.0697. The second-order valence-electron chi connectivity index (χ2n) is 7.44. The SMILES string of the molecule is Cc1nc2ccc(C(=O)N3CCC(NC(=O)c4ccc(=O)[nH]n4)CC3)cc2nc1C. The number of rotatable bonds is 3. The van der Waals surface area contributed by atoms with E-state index >= 15 is 0 Å². The number of nitrogens with zero attached hydrogens (tertiary/aromatic N) is 4. The van der Waals surface area contributed by atoms with Crippen LogP contribution in [0.1, 0.15) is 45.1 Å². The second-order valence-corrected chi connectivity index (χ2v) is 7.44. The van der Waals surface area contributed by atoms with Gasteiger partial charge in [0.2, 0.25) is 0 Å². The van der Waals surface area contributed by atoms with E-state index in [-0.39, 0.29) is 29.1 Å². The van der Waals surface area contributed by atoms with Gasteiger partial charge in [-0.05, 0) is 51.0 Å². The Morgan fingerprint density at radius 2 is 1.73 bits per heavy atom. The summed E-state index contributed by atoms with van der Waals surface area (Å²) in [7, 11) is 0. The zero-order valence-corrected chi connectivity index (χ0v) is 16.8. The monoisotopic (exact) mass is 406 g/mol. The Kier molecular flexibility index (Phi) is 5.26. The van der Waals surface area contributed by atoms with Crippen molar-refractivity contribution in [3.8, 4) is 0 Å².